The molecule has 2 aromatic carbocycles. The Morgan fingerprint density at radius 2 is 1.64 bits per heavy atom. The van der Waals surface area contributed by atoms with Gasteiger partial charge in [-0.25, -0.2) is 9.97 Å². The van der Waals surface area contributed by atoms with Gasteiger partial charge in [-0.15, -0.1) is 0 Å². The van der Waals surface area contributed by atoms with E-state index in [-0.39, 0.29) is 0 Å². The van der Waals surface area contributed by atoms with Crippen molar-refractivity contribution in [2.75, 3.05) is 5.73 Å². The first-order valence-electron chi connectivity index (χ1n) is 7.61. The van der Waals surface area contributed by atoms with Crippen molar-refractivity contribution in [3.8, 4) is 11.4 Å². The van der Waals surface area contributed by atoms with Crippen molar-refractivity contribution >= 4 is 48.7 Å². The van der Waals surface area contributed by atoms with Crippen molar-refractivity contribution in [2.45, 2.75) is 6.54 Å². The van der Waals surface area contributed by atoms with E-state index in [2.05, 4.69) is 46.9 Å². The summed E-state index contributed by atoms with van der Waals surface area (Å²) >= 11 is 7.16. The molecule has 0 radical (unpaired) electrons. The first kappa shape index (κ1) is 16.2. The van der Waals surface area contributed by atoms with E-state index in [0.717, 1.165) is 25.5 Å². The van der Waals surface area contributed by atoms with Crippen LogP contribution in [0.2, 0.25) is 0 Å². The van der Waals surface area contributed by atoms with Gasteiger partial charge >= 0.3 is 0 Å². The molecule has 0 saturated heterocycles. The zero-order valence-corrected chi connectivity index (χ0v) is 16.2. The summed E-state index contributed by atoms with van der Waals surface area (Å²) in [5.41, 5.74) is 8.75. The normalized spacial score (nSPS) is 11.1. The molecule has 0 amide bonds. The minimum absolute atomic E-state index is 0.432. The minimum Gasteiger partial charge on any atom is -0.383 e. The maximum absolute atomic E-state index is 6.14. The Hall–Kier alpha value is -2.25. The number of nitrogen functional groups attached to an aromatic ring is 1. The van der Waals surface area contributed by atoms with E-state index >= 15 is 0 Å². The zero-order chi connectivity index (χ0) is 17.4. The Morgan fingerprint density at radius 3 is 2.36 bits per heavy atom. The van der Waals surface area contributed by atoms with Crippen LogP contribution in [0, 0.1) is 0 Å². The van der Waals surface area contributed by atoms with Gasteiger partial charge in [-0.1, -0.05) is 68.3 Å². The SMILES string of the molecule is Nc1nc(-c2ccccc2)nc2nn(Cc3c(Br)cccc3Br)cc12. The highest BCUT2D eigenvalue weighted by Gasteiger charge is 2.13. The highest BCUT2D eigenvalue weighted by molar-refractivity contribution is 9.11. The average Bonchev–Trinajstić information content (AvgIpc) is 3.02. The Kier molecular flexibility index (Phi) is 4.27. The van der Waals surface area contributed by atoms with Gasteiger partial charge in [0.2, 0.25) is 0 Å². The third kappa shape index (κ3) is 3.17. The molecule has 0 aliphatic rings. The van der Waals surface area contributed by atoms with Crippen LogP contribution in [0.3, 0.4) is 0 Å². The highest BCUT2D eigenvalue weighted by Crippen LogP contribution is 2.27. The number of fused-ring (bicyclic) bond motifs is 1. The molecule has 2 heterocycles. The molecule has 0 aliphatic carbocycles. The summed E-state index contributed by atoms with van der Waals surface area (Å²) in [6.45, 7) is 0.596. The topological polar surface area (TPSA) is 69.6 Å². The standard InChI is InChI=1S/C18H13Br2N5/c19-14-7-4-8-15(20)12(14)9-25-10-13-16(21)22-17(23-18(13)24-25)11-5-2-1-3-6-11/h1-8,10H,9H2,(H2,21,22,23,24). The predicted molar refractivity (Wildman–Crippen MR) is 106 cm³/mol. The molecule has 0 bridgehead atoms. The highest BCUT2D eigenvalue weighted by atomic mass is 79.9. The minimum atomic E-state index is 0.432. The number of hydrogen-bond donors (Lipinski definition) is 1. The Balaban J connectivity index is 1.77. The van der Waals surface area contributed by atoms with Crippen molar-refractivity contribution in [3.05, 3.63) is 69.2 Å². The second-order valence-electron chi connectivity index (χ2n) is 5.56. The van der Waals surface area contributed by atoms with Gasteiger partial charge in [-0.2, -0.15) is 5.10 Å². The Labute approximate surface area is 161 Å². The summed E-state index contributed by atoms with van der Waals surface area (Å²) in [4.78, 5) is 8.99. The van der Waals surface area contributed by atoms with Gasteiger partial charge in [0.25, 0.3) is 0 Å². The molecule has 4 aromatic rings. The fraction of sp³-hybridized carbons (Fsp3) is 0.0556. The number of aromatic nitrogens is 4. The number of nitrogens with two attached hydrogens (primary N) is 1. The third-order valence-electron chi connectivity index (χ3n) is 3.87. The number of benzene rings is 2. The van der Waals surface area contributed by atoms with Crippen LogP contribution >= 0.6 is 31.9 Å². The molecule has 7 heteroatoms. The summed E-state index contributed by atoms with van der Waals surface area (Å²) in [5.74, 6) is 1.01. The summed E-state index contributed by atoms with van der Waals surface area (Å²) in [6, 6.07) is 15.7. The van der Waals surface area contributed by atoms with Crippen LogP contribution in [0.1, 0.15) is 5.56 Å². The van der Waals surface area contributed by atoms with Crippen LogP contribution < -0.4 is 5.73 Å². The average molecular weight is 459 g/mol. The maximum atomic E-state index is 6.14. The van der Waals surface area contributed by atoms with E-state index in [1.165, 1.54) is 0 Å². The number of hydrogen-bond acceptors (Lipinski definition) is 4. The lowest BCUT2D eigenvalue weighted by atomic mass is 10.2. The van der Waals surface area contributed by atoms with Gasteiger partial charge in [-0.3, -0.25) is 4.68 Å². The van der Waals surface area contributed by atoms with E-state index < -0.39 is 0 Å². The van der Waals surface area contributed by atoms with Gasteiger partial charge in [0.1, 0.15) is 5.82 Å². The van der Waals surface area contributed by atoms with Crippen molar-refractivity contribution in [3.63, 3.8) is 0 Å². The molecule has 4 rings (SSSR count). The summed E-state index contributed by atoms with van der Waals surface area (Å²) in [7, 11) is 0. The van der Waals surface area contributed by atoms with Crippen LogP contribution in [-0.4, -0.2) is 19.7 Å². The van der Waals surface area contributed by atoms with E-state index in [9.17, 15) is 0 Å². The van der Waals surface area contributed by atoms with E-state index in [1.54, 1.807) is 0 Å². The van der Waals surface area contributed by atoms with Crippen LogP contribution in [0.25, 0.3) is 22.4 Å². The van der Waals surface area contributed by atoms with E-state index in [4.69, 9.17) is 5.73 Å². The Morgan fingerprint density at radius 1 is 0.920 bits per heavy atom. The van der Waals surface area contributed by atoms with Crippen molar-refractivity contribution in [1.29, 1.82) is 0 Å². The molecule has 0 fully saturated rings. The van der Waals surface area contributed by atoms with Gasteiger partial charge < -0.3 is 5.73 Å². The van der Waals surface area contributed by atoms with E-state index in [1.807, 2.05) is 59.4 Å². The van der Waals surface area contributed by atoms with Gasteiger partial charge in [0.15, 0.2) is 11.5 Å². The smallest absolute Gasteiger partial charge is 0.186 e. The lowest BCUT2D eigenvalue weighted by Gasteiger charge is -2.06. The molecule has 2 aromatic heterocycles. The quantitative estimate of drug-likeness (QED) is 0.485. The second-order valence-corrected chi connectivity index (χ2v) is 7.27. The van der Waals surface area contributed by atoms with Crippen LogP contribution in [-0.2, 0) is 6.54 Å². The number of rotatable bonds is 3. The van der Waals surface area contributed by atoms with E-state index in [0.29, 0.717) is 23.8 Å². The van der Waals surface area contributed by atoms with Crippen molar-refractivity contribution < 1.29 is 0 Å². The van der Waals surface area contributed by atoms with Crippen LogP contribution in [0.5, 0.6) is 0 Å². The second kappa shape index (κ2) is 6.57. The summed E-state index contributed by atoms with van der Waals surface area (Å²) in [6.07, 6.45) is 1.88. The molecule has 0 aliphatic heterocycles. The fourth-order valence-corrected chi connectivity index (χ4v) is 3.87. The first-order chi connectivity index (χ1) is 12.1. The zero-order valence-electron chi connectivity index (χ0n) is 13.0. The molecule has 124 valence electrons. The third-order valence-corrected chi connectivity index (χ3v) is 5.36. The molecule has 5 nitrogen and oxygen atoms in total. The molecular formula is C18H13Br2N5. The molecule has 0 saturated carbocycles. The number of halogens is 2. The molecule has 0 unspecified atom stereocenters. The van der Waals surface area contributed by atoms with Crippen LogP contribution in [0.4, 0.5) is 5.82 Å². The van der Waals surface area contributed by atoms with Crippen LogP contribution in [0.15, 0.2) is 63.7 Å². The summed E-state index contributed by atoms with van der Waals surface area (Å²) < 4.78 is 3.87. The number of nitrogens with zero attached hydrogens (tertiary/aromatic N) is 4. The lowest BCUT2D eigenvalue weighted by Crippen LogP contribution is -2.01. The van der Waals surface area contributed by atoms with Gasteiger partial charge in [0.05, 0.1) is 11.9 Å². The molecule has 25 heavy (non-hydrogen) atoms. The van der Waals surface area contributed by atoms with Crippen molar-refractivity contribution in [2.24, 2.45) is 0 Å². The molecule has 2 N–H and O–H groups in total. The molecular weight excluding hydrogens is 446 g/mol. The lowest BCUT2D eigenvalue weighted by molar-refractivity contribution is 0.689. The predicted octanol–water partition coefficient (Wildman–Crippen LogP) is 4.65. The fourth-order valence-electron chi connectivity index (χ4n) is 2.62. The maximum Gasteiger partial charge on any atom is 0.186 e. The molecule has 0 atom stereocenters. The Bertz CT molecular complexity index is 1040. The first-order valence-corrected chi connectivity index (χ1v) is 9.19. The van der Waals surface area contributed by atoms with Crippen molar-refractivity contribution in [1.82, 2.24) is 19.7 Å². The number of anilines is 1. The van der Waals surface area contributed by atoms with Gasteiger partial charge in [-0.05, 0) is 12.1 Å². The largest absolute Gasteiger partial charge is 0.383 e. The molecule has 0 spiro atoms. The monoisotopic (exact) mass is 457 g/mol. The van der Waals surface area contributed by atoms with Gasteiger partial charge in [0, 0.05) is 26.3 Å². The summed E-state index contributed by atoms with van der Waals surface area (Å²) in [5, 5.41) is 5.33.